The van der Waals surface area contributed by atoms with E-state index in [2.05, 4.69) is 15.6 Å². The van der Waals surface area contributed by atoms with Crippen LogP contribution < -0.4 is 5.32 Å². The van der Waals surface area contributed by atoms with Crippen LogP contribution >= 0.6 is 0 Å². The van der Waals surface area contributed by atoms with Crippen LogP contribution in [-0.4, -0.2) is 27.4 Å². The SMILES string of the molecule is Cc1cc(C)n(CCNC(=O)C2(c3cc(-c4ccccc4)on3)CC2)n1. The molecule has 1 amide bonds. The molecule has 6 heteroatoms. The molecule has 0 atom stereocenters. The van der Waals surface area contributed by atoms with Gasteiger partial charge >= 0.3 is 0 Å². The summed E-state index contributed by atoms with van der Waals surface area (Å²) in [5.74, 6) is 0.717. The molecule has 1 fully saturated rings. The summed E-state index contributed by atoms with van der Waals surface area (Å²) in [6.45, 7) is 5.20. The number of aromatic nitrogens is 3. The van der Waals surface area contributed by atoms with Gasteiger partial charge in [0.05, 0.1) is 23.3 Å². The molecule has 2 aromatic heterocycles. The molecule has 0 saturated heterocycles. The molecular weight excluding hydrogens is 328 g/mol. The number of rotatable bonds is 6. The van der Waals surface area contributed by atoms with Crippen LogP contribution in [0.1, 0.15) is 29.9 Å². The summed E-state index contributed by atoms with van der Waals surface area (Å²) in [7, 11) is 0. The largest absolute Gasteiger partial charge is 0.356 e. The molecule has 26 heavy (non-hydrogen) atoms. The molecule has 0 radical (unpaired) electrons. The first-order valence-corrected chi connectivity index (χ1v) is 8.90. The molecule has 0 unspecified atom stereocenters. The topological polar surface area (TPSA) is 73.0 Å². The van der Waals surface area contributed by atoms with E-state index in [-0.39, 0.29) is 5.91 Å². The van der Waals surface area contributed by atoms with Crippen molar-refractivity contribution in [3.05, 3.63) is 59.5 Å². The number of hydrogen-bond donors (Lipinski definition) is 1. The second kappa shape index (κ2) is 6.44. The Hall–Kier alpha value is -2.89. The molecule has 134 valence electrons. The molecule has 6 nitrogen and oxygen atoms in total. The van der Waals surface area contributed by atoms with Gasteiger partial charge in [-0.1, -0.05) is 35.5 Å². The van der Waals surface area contributed by atoms with E-state index in [1.165, 1.54) is 0 Å². The van der Waals surface area contributed by atoms with Crippen molar-refractivity contribution in [3.8, 4) is 11.3 Å². The zero-order valence-corrected chi connectivity index (χ0v) is 15.0. The van der Waals surface area contributed by atoms with Crippen LogP contribution in [0, 0.1) is 13.8 Å². The first kappa shape index (κ1) is 16.6. The number of carbonyl (C=O) groups is 1. The van der Waals surface area contributed by atoms with Crippen LogP contribution in [0.2, 0.25) is 0 Å². The highest BCUT2D eigenvalue weighted by Crippen LogP contribution is 2.48. The van der Waals surface area contributed by atoms with Crippen LogP contribution in [0.25, 0.3) is 11.3 Å². The third-order valence-corrected chi connectivity index (χ3v) is 4.96. The van der Waals surface area contributed by atoms with Gasteiger partial charge in [0.15, 0.2) is 5.76 Å². The van der Waals surface area contributed by atoms with Crippen molar-refractivity contribution in [3.63, 3.8) is 0 Å². The standard InChI is InChI=1S/C20H22N4O2/c1-14-12-15(2)24(22-14)11-10-21-19(25)20(8-9-20)18-13-17(26-23-18)16-6-4-3-5-7-16/h3-7,12-13H,8-11H2,1-2H3,(H,21,25). The lowest BCUT2D eigenvalue weighted by Gasteiger charge is -2.13. The van der Waals surface area contributed by atoms with Crippen LogP contribution in [0.3, 0.4) is 0 Å². The first-order valence-electron chi connectivity index (χ1n) is 8.90. The summed E-state index contributed by atoms with van der Waals surface area (Å²) in [5.41, 5.74) is 3.24. The molecule has 1 saturated carbocycles. The fraction of sp³-hybridized carbons (Fsp3) is 0.350. The third kappa shape index (κ3) is 3.03. The minimum Gasteiger partial charge on any atom is -0.356 e. The number of nitrogens with one attached hydrogen (secondary N) is 1. The maximum Gasteiger partial charge on any atom is 0.232 e. The third-order valence-electron chi connectivity index (χ3n) is 4.96. The van der Waals surface area contributed by atoms with E-state index in [0.717, 1.165) is 35.5 Å². The van der Waals surface area contributed by atoms with Gasteiger partial charge in [-0.3, -0.25) is 9.48 Å². The van der Waals surface area contributed by atoms with E-state index in [9.17, 15) is 4.79 Å². The second-order valence-electron chi connectivity index (χ2n) is 6.93. The van der Waals surface area contributed by atoms with Gasteiger partial charge in [0, 0.05) is 23.9 Å². The normalized spacial score (nSPS) is 15.0. The number of carbonyl (C=O) groups excluding carboxylic acids is 1. The molecule has 1 aliphatic rings. The monoisotopic (exact) mass is 350 g/mol. The van der Waals surface area contributed by atoms with Crippen molar-refractivity contribution in [2.75, 3.05) is 6.54 Å². The molecule has 0 aliphatic heterocycles. The predicted molar refractivity (Wildman–Crippen MR) is 97.6 cm³/mol. The Bertz CT molecular complexity index is 922. The second-order valence-corrected chi connectivity index (χ2v) is 6.93. The number of amides is 1. The molecule has 1 aromatic carbocycles. The molecule has 2 heterocycles. The minimum atomic E-state index is -0.536. The van der Waals surface area contributed by atoms with Gasteiger partial charge in [-0.15, -0.1) is 0 Å². The maximum atomic E-state index is 12.7. The van der Waals surface area contributed by atoms with Crippen molar-refractivity contribution < 1.29 is 9.32 Å². The van der Waals surface area contributed by atoms with Gasteiger partial charge in [-0.25, -0.2) is 0 Å². The van der Waals surface area contributed by atoms with Crippen LogP contribution in [0.15, 0.2) is 47.0 Å². The van der Waals surface area contributed by atoms with Gasteiger partial charge in [-0.2, -0.15) is 5.10 Å². The van der Waals surface area contributed by atoms with Crippen molar-refractivity contribution >= 4 is 5.91 Å². The number of benzene rings is 1. The van der Waals surface area contributed by atoms with Crippen LogP contribution in [0.4, 0.5) is 0 Å². The van der Waals surface area contributed by atoms with Gasteiger partial charge in [-0.05, 0) is 32.8 Å². The molecular formula is C20H22N4O2. The van der Waals surface area contributed by atoms with Crippen molar-refractivity contribution in [2.45, 2.75) is 38.6 Å². The Kier molecular flexibility index (Phi) is 4.11. The molecule has 1 aliphatic carbocycles. The molecule has 0 bridgehead atoms. The van der Waals surface area contributed by atoms with E-state index in [0.29, 0.717) is 18.8 Å². The lowest BCUT2D eigenvalue weighted by atomic mass is 10.0. The van der Waals surface area contributed by atoms with Gasteiger partial charge in [0.1, 0.15) is 0 Å². The summed E-state index contributed by atoms with van der Waals surface area (Å²) in [6.07, 6.45) is 1.61. The number of nitrogens with zero attached hydrogens (tertiary/aromatic N) is 3. The van der Waals surface area contributed by atoms with E-state index >= 15 is 0 Å². The van der Waals surface area contributed by atoms with Crippen molar-refractivity contribution in [1.82, 2.24) is 20.3 Å². The molecule has 0 spiro atoms. The highest BCUT2D eigenvalue weighted by atomic mass is 16.5. The molecule has 3 aromatic rings. The van der Waals surface area contributed by atoms with Crippen LogP contribution in [-0.2, 0) is 16.8 Å². The summed E-state index contributed by atoms with van der Waals surface area (Å²) < 4.78 is 7.39. The Balaban J connectivity index is 1.41. The maximum absolute atomic E-state index is 12.7. The van der Waals surface area contributed by atoms with Crippen molar-refractivity contribution in [1.29, 1.82) is 0 Å². The van der Waals surface area contributed by atoms with Crippen LogP contribution in [0.5, 0.6) is 0 Å². The Morgan fingerprint density at radius 1 is 1.23 bits per heavy atom. The fourth-order valence-corrected chi connectivity index (χ4v) is 3.31. The zero-order chi connectivity index (χ0) is 18.1. The summed E-state index contributed by atoms with van der Waals surface area (Å²) >= 11 is 0. The Morgan fingerprint density at radius 2 is 2.00 bits per heavy atom. The van der Waals surface area contributed by atoms with E-state index in [4.69, 9.17) is 4.52 Å². The average molecular weight is 350 g/mol. The highest BCUT2D eigenvalue weighted by molar-refractivity contribution is 5.91. The van der Waals surface area contributed by atoms with E-state index in [1.807, 2.05) is 61.0 Å². The lowest BCUT2D eigenvalue weighted by Crippen LogP contribution is -2.37. The summed E-state index contributed by atoms with van der Waals surface area (Å²) in [5, 5.41) is 11.6. The van der Waals surface area contributed by atoms with Gasteiger partial charge in [0.25, 0.3) is 0 Å². The smallest absolute Gasteiger partial charge is 0.232 e. The van der Waals surface area contributed by atoms with E-state index in [1.54, 1.807) is 0 Å². The van der Waals surface area contributed by atoms with E-state index < -0.39 is 5.41 Å². The number of aryl methyl sites for hydroxylation is 2. The zero-order valence-electron chi connectivity index (χ0n) is 15.0. The fourth-order valence-electron chi connectivity index (χ4n) is 3.31. The molecule has 4 rings (SSSR count). The Labute approximate surface area is 152 Å². The summed E-state index contributed by atoms with van der Waals surface area (Å²) in [4.78, 5) is 12.7. The number of hydrogen-bond acceptors (Lipinski definition) is 4. The average Bonchev–Trinajstić information content (AvgIpc) is 3.19. The van der Waals surface area contributed by atoms with Gasteiger partial charge < -0.3 is 9.84 Å². The Morgan fingerprint density at radius 3 is 2.65 bits per heavy atom. The predicted octanol–water partition coefficient (Wildman–Crippen LogP) is 3.00. The lowest BCUT2D eigenvalue weighted by molar-refractivity contribution is -0.123. The van der Waals surface area contributed by atoms with Gasteiger partial charge in [0.2, 0.25) is 5.91 Å². The summed E-state index contributed by atoms with van der Waals surface area (Å²) in [6, 6.07) is 13.7. The van der Waals surface area contributed by atoms with Crippen molar-refractivity contribution in [2.24, 2.45) is 0 Å². The quantitative estimate of drug-likeness (QED) is 0.742. The highest BCUT2D eigenvalue weighted by Gasteiger charge is 2.53. The minimum absolute atomic E-state index is 0.0203. The first-order chi connectivity index (χ1) is 12.6. The molecule has 1 N–H and O–H groups in total.